The number of aryl methyl sites for hydroxylation is 1. The number of likely N-dealkylation sites (N-methyl/N-ethyl adjacent to an activating group) is 1. The number of rotatable bonds is 8. The Kier molecular flexibility index (Phi) is 8.16. The van der Waals surface area contributed by atoms with Crippen molar-refractivity contribution in [2.75, 3.05) is 14.1 Å². The van der Waals surface area contributed by atoms with E-state index >= 15 is 0 Å². The first-order valence-electron chi connectivity index (χ1n) is 10.2. The van der Waals surface area contributed by atoms with E-state index in [0.29, 0.717) is 24.1 Å². The molecule has 0 radical (unpaired) electrons. The van der Waals surface area contributed by atoms with Crippen LogP contribution in [-0.4, -0.2) is 42.8 Å². The Balaban J connectivity index is 2.10. The Morgan fingerprint density at radius 3 is 2.17 bits per heavy atom. The zero-order valence-corrected chi connectivity index (χ0v) is 18.4. The molecule has 0 saturated heterocycles. The van der Waals surface area contributed by atoms with E-state index in [-0.39, 0.29) is 23.6 Å². The molecular formula is C24H31N3O3. The Morgan fingerprint density at radius 1 is 0.967 bits per heavy atom. The number of nitrogens with one attached hydrogen (secondary N) is 2. The molecule has 0 fully saturated rings. The molecule has 0 saturated carbocycles. The third-order valence-corrected chi connectivity index (χ3v) is 4.94. The fraction of sp³-hybridized carbons (Fsp3) is 0.375. The number of hydrogen-bond donors (Lipinski definition) is 2. The number of carbonyl (C=O) groups is 3. The average molecular weight is 410 g/mol. The predicted molar refractivity (Wildman–Crippen MR) is 118 cm³/mol. The maximum atomic E-state index is 13.1. The van der Waals surface area contributed by atoms with Crippen LogP contribution in [0.4, 0.5) is 0 Å². The number of nitrogens with zero attached hydrogens (tertiary/aromatic N) is 1. The minimum Gasteiger partial charge on any atom is -0.355 e. The van der Waals surface area contributed by atoms with Crippen molar-refractivity contribution in [1.29, 1.82) is 0 Å². The van der Waals surface area contributed by atoms with Gasteiger partial charge in [-0.05, 0) is 48.6 Å². The van der Waals surface area contributed by atoms with Crippen molar-refractivity contribution in [3.8, 4) is 0 Å². The summed E-state index contributed by atoms with van der Waals surface area (Å²) in [6.45, 7) is 6.32. The molecule has 1 atom stereocenters. The second-order valence-electron chi connectivity index (χ2n) is 7.94. The summed E-state index contributed by atoms with van der Waals surface area (Å²) in [6.07, 6.45) is 0.552. The van der Waals surface area contributed by atoms with Crippen LogP contribution in [-0.2, 0) is 11.3 Å². The molecular weight excluding hydrogens is 378 g/mol. The molecule has 30 heavy (non-hydrogen) atoms. The van der Waals surface area contributed by atoms with Crippen LogP contribution in [0.25, 0.3) is 0 Å². The Morgan fingerprint density at radius 2 is 1.60 bits per heavy atom. The van der Waals surface area contributed by atoms with Crippen LogP contribution in [0.3, 0.4) is 0 Å². The molecule has 6 heteroatoms. The smallest absolute Gasteiger partial charge is 0.252 e. The molecule has 0 bridgehead atoms. The summed E-state index contributed by atoms with van der Waals surface area (Å²) in [5, 5.41) is 5.51. The lowest BCUT2D eigenvalue weighted by Gasteiger charge is -2.26. The van der Waals surface area contributed by atoms with Crippen molar-refractivity contribution >= 4 is 17.7 Å². The van der Waals surface area contributed by atoms with Crippen LogP contribution in [0.5, 0.6) is 0 Å². The Labute approximate surface area is 178 Å². The molecule has 0 aliphatic rings. The Bertz CT molecular complexity index is 891. The zero-order chi connectivity index (χ0) is 22.3. The minimum atomic E-state index is -0.604. The molecule has 6 nitrogen and oxygen atoms in total. The van der Waals surface area contributed by atoms with Gasteiger partial charge in [0.1, 0.15) is 6.04 Å². The molecule has 0 aromatic heterocycles. The summed E-state index contributed by atoms with van der Waals surface area (Å²) in [5.74, 6) is -0.283. The lowest BCUT2D eigenvalue weighted by atomic mass is 10.0. The SMILES string of the molecule is CNC(=O)c1ccc(CN(C)C(=O)[C@@H](CC(C)C)NC(=O)c2ccccc2C)cc1. The van der Waals surface area contributed by atoms with Crippen LogP contribution >= 0.6 is 0 Å². The van der Waals surface area contributed by atoms with Crippen molar-refractivity contribution in [2.45, 2.75) is 39.8 Å². The first-order chi connectivity index (χ1) is 14.2. The molecule has 0 aliphatic heterocycles. The molecule has 2 aromatic rings. The van der Waals surface area contributed by atoms with E-state index in [2.05, 4.69) is 10.6 Å². The number of amides is 3. The van der Waals surface area contributed by atoms with Gasteiger partial charge in [-0.2, -0.15) is 0 Å². The highest BCUT2D eigenvalue weighted by atomic mass is 16.2. The van der Waals surface area contributed by atoms with Gasteiger partial charge in [-0.15, -0.1) is 0 Å². The fourth-order valence-corrected chi connectivity index (χ4v) is 3.28. The highest BCUT2D eigenvalue weighted by Crippen LogP contribution is 2.13. The first-order valence-corrected chi connectivity index (χ1v) is 10.2. The average Bonchev–Trinajstić information content (AvgIpc) is 2.72. The maximum absolute atomic E-state index is 13.1. The molecule has 2 N–H and O–H groups in total. The Hall–Kier alpha value is -3.15. The normalized spacial score (nSPS) is 11.7. The number of benzene rings is 2. The molecule has 3 amide bonds. The van der Waals surface area contributed by atoms with Gasteiger partial charge < -0.3 is 15.5 Å². The number of carbonyl (C=O) groups excluding carboxylic acids is 3. The predicted octanol–water partition coefficient (Wildman–Crippen LogP) is 3.16. The lowest BCUT2D eigenvalue weighted by Crippen LogP contribution is -2.47. The summed E-state index contributed by atoms with van der Waals surface area (Å²) in [6, 6.07) is 13.9. The largest absolute Gasteiger partial charge is 0.355 e. The summed E-state index contributed by atoms with van der Waals surface area (Å²) >= 11 is 0. The molecule has 0 aliphatic carbocycles. The summed E-state index contributed by atoms with van der Waals surface area (Å²) in [7, 11) is 3.31. The standard InChI is InChI=1S/C24H31N3O3/c1-16(2)14-21(26-23(29)20-9-7-6-8-17(20)3)24(30)27(5)15-18-10-12-19(13-11-18)22(28)25-4/h6-13,16,21H,14-15H2,1-5H3,(H,25,28)(H,26,29)/t21-/m1/s1. The van der Waals surface area contributed by atoms with Gasteiger partial charge in [-0.3, -0.25) is 14.4 Å². The highest BCUT2D eigenvalue weighted by Gasteiger charge is 2.26. The third kappa shape index (κ3) is 6.17. The van der Waals surface area contributed by atoms with Crippen molar-refractivity contribution in [1.82, 2.24) is 15.5 Å². The van der Waals surface area contributed by atoms with Crippen molar-refractivity contribution < 1.29 is 14.4 Å². The van der Waals surface area contributed by atoms with Crippen molar-refractivity contribution in [2.24, 2.45) is 5.92 Å². The van der Waals surface area contributed by atoms with E-state index < -0.39 is 6.04 Å². The van der Waals surface area contributed by atoms with Gasteiger partial charge in [0.15, 0.2) is 0 Å². The summed E-state index contributed by atoms with van der Waals surface area (Å²) < 4.78 is 0. The second kappa shape index (κ2) is 10.6. The third-order valence-electron chi connectivity index (χ3n) is 4.94. The van der Waals surface area contributed by atoms with E-state index in [1.807, 2.05) is 51.1 Å². The topological polar surface area (TPSA) is 78.5 Å². The van der Waals surface area contributed by atoms with Gasteiger partial charge in [-0.25, -0.2) is 0 Å². The van der Waals surface area contributed by atoms with Crippen LogP contribution in [0, 0.1) is 12.8 Å². The monoisotopic (exact) mass is 409 g/mol. The molecule has 160 valence electrons. The lowest BCUT2D eigenvalue weighted by molar-refractivity contribution is -0.132. The molecule has 2 rings (SSSR count). The highest BCUT2D eigenvalue weighted by molar-refractivity contribution is 5.98. The van der Waals surface area contributed by atoms with Crippen LogP contribution in [0.1, 0.15) is 52.1 Å². The van der Waals surface area contributed by atoms with Crippen molar-refractivity contribution in [3.05, 3.63) is 70.8 Å². The second-order valence-corrected chi connectivity index (χ2v) is 7.94. The summed E-state index contributed by atoms with van der Waals surface area (Å²) in [5.41, 5.74) is 2.92. The van der Waals surface area contributed by atoms with E-state index in [1.165, 1.54) is 0 Å². The van der Waals surface area contributed by atoms with Gasteiger partial charge in [0, 0.05) is 31.8 Å². The number of hydrogen-bond acceptors (Lipinski definition) is 3. The molecule has 2 aromatic carbocycles. The molecule has 0 spiro atoms. The maximum Gasteiger partial charge on any atom is 0.252 e. The van der Waals surface area contributed by atoms with Gasteiger partial charge in [0.05, 0.1) is 0 Å². The van der Waals surface area contributed by atoms with E-state index in [1.54, 1.807) is 37.2 Å². The fourth-order valence-electron chi connectivity index (χ4n) is 3.28. The first kappa shape index (κ1) is 23.1. The summed E-state index contributed by atoms with van der Waals surface area (Å²) in [4.78, 5) is 39.1. The van der Waals surface area contributed by atoms with E-state index in [4.69, 9.17) is 0 Å². The van der Waals surface area contributed by atoms with Gasteiger partial charge in [0.25, 0.3) is 11.8 Å². The van der Waals surface area contributed by atoms with Crippen LogP contribution in [0.2, 0.25) is 0 Å². The molecule has 0 unspecified atom stereocenters. The van der Waals surface area contributed by atoms with Gasteiger partial charge >= 0.3 is 0 Å². The zero-order valence-electron chi connectivity index (χ0n) is 18.4. The van der Waals surface area contributed by atoms with Crippen LogP contribution < -0.4 is 10.6 Å². The van der Waals surface area contributed by atoms with Crippen molar-refractivity contribution in [3.63, 3.8) is 0 Å². The van der Waals surface area contributed by atoms with E-state index in [0.717, 1.165) is 11.1 Å². The van der Waals surface area contributed by atoms with Gasteiger partial charge in [-0.1, -0.05) is 44.2 Å². The minimum absolute atomic E-state index is 0.138. The van der Waals surface area contributed by atoms with Crippen LogP contribution in [0.15, 0.2) is 48.5 Å². The quantitative estimate of drug-likeness (QED) is 0.703. The molecule has 0 heterocycles. The van der Waals surface area contributed by atoms with E-state index in [9.17, 15) is 14.4 Å². The van der Waals surface area contributed by atoms with Gasteiger partial charge in [0.2, 0.25) is 5.91 Å².